The number of amides is 1. The standard InChI is InChI=1S/C16H13Cl2N5O/c1-10(16(24)19-14-8-7-12(17)9-13(14)18)23-21-15(20-22-23)11-5-3-2-4-6-11/h2-10H,1H3,(H,19,24)/t10-/m0/s1. The first-order valence-corrected chi connectivity index (χ1v) is 7.91. The van der Waals surface area contributed by atoms with Crippen LogP contribution in [0.4, 0.5) is 5.69 Å². The number of tetrazole rings is 1. The third kappa shape index (κ3) is 3.55. The first-order chi connectivity index (χ1) is 11.5. The molecule has 0 saturated heterocycles. The summed E-state index contributed by atoms with van der Waals surface area (Å²) in [5.41, 5.74) is 1.30. The Bertz CT molecular complexity index is 866. The number of hydrogen-bond donors (Lipinski definition) is 1. The molecule has 0 bridgehead atoms. The average Bonchev–Trinajstić information content (AvgIpc) is 3.07. The molecule has 1 heterocycles. The van der Waals surface area contributed by atoms with Crippen LogP contribution in [-0.2, 0) is 4.79 Å². The fraction of sp³-hybridized carbons (Fsp3) is 0.125. The smallest absolute Gasteiger partial charge is 0.250 e. The highest BCUT2D eigenvalue weighted by molar-refractivity contribution is 6.36. The molecule has 6 nitrogen and oxygen atoms in total. The van der Waals surface area contributed by atoms with E-state index < -0.39 is 6.04 Å². The number of rotatable bonds is 4. The maximum absolute atomic E-state index is 12.4. The predicted octanol–water partition coefficient (Wildman–Crippen LogP) is 3.85. The number of nitrogens with zero attached hydrogens (tertiary/aromatic N) is 4. The number of aromatic nitrogens is 4. The predicted molar refractivity (Wildman–Crippen MR) is 93.1 cm³/mol. The summed E-state index contributed by atoms with van der Waals surface area (Å²) in [4.78, 5) is 13.6. The molecule has 0 aliphatic carbocycles. The van der Waals surface area contributed by atoms with E-state index in [2.05, 4.69) is 20.7 Å². The van der Waals surface area contributed by atoms with Gasteiger partial charge in [-0.1, -0.05) is 53.5 Å². The van der Waals surface area contributed by atoms with Crippen LogP contribution in [0.3, 0.4) is 0 Å². The van der Waals surface area contributed by atoms with Gasteiger partial charge in [0.25, 0.3) is 5.91 Å². The molecule has 0 saturated carbocycles. The van der Waals surface area contributed by atoms with Gasteiger partial charge in [-0.3, -0.25) is 4.79 Å². The zero-order chi connectivity index (χ0) is 17.1. The van der Waals surface area contributed by atoms with Crippen molar-refractivity contribution in [3.05, 3.63) is 58.6 Å². The van der Waals surface area contributed by atoms with Crippen LogP contribution in [0.25, 0.3) is 11.4 Å². The minimum atomic E-state index is -0.651. The van der Waals surface area contributed by atoms with E-state index in [0.29, 0.717) is 21.6 Å². The van der Waals surface area contributed by atoms with Crippen molar-refractivity contribution in [2.75, 3.05) is 5.32 Å². The number of hydrogen-bond acceptors (Lipinski definition) is 4. The van der Waals surface area contributed by atoms with Gasteiger partial charge < -0.3 is 5.32 Å². The summed E-state index contributed by atoms with van der Waals surface area (Å²) in [6.45, 7) is 1.68. The lowest BCUT2D eigenvalue weighted by Crippen LogP contribution is -2.25. The van der Waals surface area contributed by atoms with Crippen molar-refractivity contribution >= 4 is 34.8 Å². The third-order valence-electron chi connectivity index (χ3n) is 3.38. The first kappa shape index (κ1) is 16.4. The monoisotopic (exact) mass is 361 g/mol. The second kappa shape index (κ2) is 6.98. The van der Waals surface area contributed by atoms with E-state index >= 15 is 0 Å². The number of anilines is 1. The number of nitrogens with one attached hydrogen (secondary N) is 1. The van der Waals surface area contributed by atoms with Gasteiger partial charge in [-0.2, -0.15) is 4.80 Å². The molecule has 0 unspecified atom stereocenters. The van der Waals surface area contributed by atoms with Crippen molar-refractivity contribution < 1.29 is 4.79 Å². The summed E-state index contributed by atoms with van der Waals surface area (Å²) in [5, 5.41) is 15.8. The second-order valence-electron chi connectivity index (χ2n) is 5.09. The van der Waals surface area contributed by atoms with Crippen LogP contribution < -0.4 is 5.32 Å². The van der Waals surface area contributed by atoms with Gasteiger partial charge in [-0.25, -0.2) is 0 Å². The van der Waals surface area contributed by atoms with Crippen LogP contribution in [0.5, 0.6) is 0 Å². The molecule has 0 aliphatic heterocycles. The van der Waals surface area contributed by atoms with Crippen LogP contribution in [0, 0.1) is 0 Å². The van der Waals surface area contributed by atoms with Gasteiger partial charge in [0.05, 0.1) is 10.7 Å². The van der Waals surface area contributed by atoms with Crippen molar-refractivity contribution in [3.8, 4) is 11.4 Å². The van der Waals surface area contributed by atoms with Crippen molar-refractivity contribution in [2.45, 2.75) is 13.0 Å². The third-order valence-corrected chi connectivity index (χ3v) is 3.92. The highest BCUT2D eigenvalue weighted by Gasteiger charge is 2.19. The molecular weight excluding hydrogens is 349 g/mol. The van der Waals surface area contributed by atoms with E-state index in [1.54, 1.807) is 25.1 Å². The SMILES string of the molecule is C[C@@H](C(=O)Nc1ccc(Cl)cc1Cl)n1nnc(-c2ccccc2)n1. The van der Waals surface area contributed by atoms with Crippen molar-refractivity contribution in [2.24, 2.45) is 0 Å². The molecule has 24 heavy (non-hydrogen) atoms. The molecule has 0 fully saturated rings. The molecule has 1 amide bonds. The Labute approximate surface area is 148 Å². The molecule has 1 atom stereocenters. The van der Waals surface area contributed by atoms with Crippen LogP contribution in [0.15, 0.2) is 48.5 Å². The molecule has 3 aromatic rings. The van der Waals surface area contributed by atoms with Crippen LogP contribution in [-0.4, -0.2) is 26.1 Å². The lowest BCUT2D eigenvalue weighted by molar-refractivity contribution is -0.119. The summed E-state index contributed by atoms with van der Waals surface area (Å²) in [6.07, 6.45) is 0. The minimum Gasteiger partial charge on any atom is -0.323 e. The van der Waals surface area contributed by atoms with Gasteiger partial charge in [0.15, 0.2) is 0 Å². The van der Waals surface area contributed by atoms with E-state index in [-0.39, 0.29) is 5.91 Å². The number of halogens is 2. The molecular formula is C16H13Cl2N5O. The van der Waals surface area contributed by atoms with E-state index in [4.69, 9.17) is 23.2 Å². The Morgan fingerprint density at radius 3 is 2.62 bits per heavy atom. The maximum atomic E-state index is 12.4. The highest BCUT2D eigenvalue weighted by Crippen LogP contribution is 2.26. The molecule has 0 aliphatic rings. The maximum Gasteiger partial charge on any atom is 0.250 e. The molecule has 2 aromatic carbocycles. The Balaban J connectivity index is 1.75. The van der Waals surface area contributed by atoms with Gasteiger partial charge in [-0.15, -0.1) is 10.2 Å². The molecule has 3 rings (SSSR count). The Hall–Kier alpha value is -2.44. The number of carbonyl (C=O) groups is 1. The average molecular weight is 362 g/mol. The zero-order valence-electron chi connectivity index (χ0n) is 12.6. The molecule has 0 spiro atoms. The van der Waals surface area contributed by atoms with Crippen molar-refractivity contribution in [1.29, 1.82) is 0 Å². The molecule has 8 heteroatoms. The Morgan fingerprint density at radius 1 is 1.17 bits per heavy atom. The number of carbonyl (C=O) groups excluding carboxylic acids is 1. The van der Waals surface area contributed by atoms with Crippen LogP contribution >= 0.6 is 23.2 Å². The second-order valence-corrected chi connectivity index (χ2v) is 5.93. The highest BCUT2D eigenvalue weighted by atomic mass is 35.5. The van der Waals surface area contributed by atoms with Crippen molar-refractivity contribution in [3.63, 3.8) is 0 Å². The summed E-state index contributed by atoms with van der Waals surface area (Å²) < 4.78 is 0. The molecule has 1 N–H and O–H groups in total. The summed E-state index contributed by atoms with van der Waals surface area (Å²) in [7, 11) is 0. The van der Waals surface area contributed by atoms with E-state index in [1.165, 1.54) is 4.80 Å². The molecule has 1 aromatic heterocycles. The van der Waals surface area contributed by atoms with Crippen molar-refractivity contribution in [1.82, 2.24) is 20.2 Å². The zero-order valence-corrected chi connectivity index (χ0v) is 14.2. The van der Waals surface area contributed by atoms with Gasteiger partial charge in [-0.05, 0) is 30.3 Å². The fourth-order valence-corrected chi connectivity index (χ4v) is 2.48. The quantitative estimate of drug-likeness (QED) is 0.765. The van der Waals surface area contributed by atoms with Crippen LogP contribution in [0.2, 0.25) is 10.0 Å². The van der Waals surface area contributed by atoms with Gasteiger partial charge in [0, 0.05) is 10.6 Å². The normalized spacial score (nSPS) is 12.0. The number of benzene rings is 2. The first-order valence-electron chi connectivity index (χ1n) is 7.15. The lowest BCUT2D eigenvalue weighted by atomic mass is 10.2. The molecule has 0 radical (unpaired) electrons. The van der Waals surface area contributed by atoms with Gasteiger partial charge in [0.2, 0.25) is 5.82 Å². The Morgan fingerprint density at radius 2 is 1.92 bits per heavy atom. The van der Waals surface area contributed by atoms with E-state index in [9.17, 15) is 4.79 Å². The lowest BCUT2D eigenvalue weighted by Gasteiger charge is -2.12. The summed E-state index contributed by atoms with van der Waals surface area (Å²) in [6, 6.07) is 13.6. The minimum absolute atomic E-state index is 0.309. The van der Waals surface area contributed by atoms with E-state index in [1.807, 2.05) is 30.3 Å². The molecule has 122 valence electrons. The fourth-order valence-electron chi connectivity index (χ4n) is 2.02. The largest absolute Gasteiger partial charge is 0.323 e. The summed E-state index contributed by atoms with van der Waals surface area (Å²) >= 11 is 11.9. The van der Waals surface area contributed by atoms with Gasteiger partial charge >= 0.3 is 0 Å². The summed E-state index contributed by atoms with van der Waals surface area (Å²) in [5.74, 6) is 0.149. The van der Waals surface area contributed by atoms with Crippen LogP contribution in [0.1, 0.15) is 13.0 Å². The van der Waals surface area contributed by atoms with E-state index in [0.717, 1.165) is 5.56 Å². The van der Waals surface area contributed by atoms with Gasteiger partial charge in [0.1, 0.15) is 6.04 Å². The Kier molecular flexibility index (Phi) is 4.78. The topological polar surface area (TPSA) is 72.7 Å².